The quantitative estimate of drug-likeness (QED) is 0.844. The summed E-state index contributed by atoms with van der Waals surface area (Å²) in [5.74, 6) is -3.17. The Labute approximate surface area is 142 Å². The number of carbonyl (C=O) groups excluding carboxylic acids is 2. The molecule has 0 aromatic heterocycles. The lowest BCUT2D eigenvalue weighted by molar-refractivity contribution is -0.143. The van der Waals surface area contributed by atoms with Crippen LogP contribution < -0.4 is 10.2 Å². The Hall–Kier alpha value is -2.15. The average molecular weight is 355 g/mol. The van der Waals surface area contributed by atoms with Crippen LogP contribution in [0.25, 0.3) is 0 Å². The Bertz CT molecular complexity index is 707. The first-order valence-electron chi connectivity index (χ1n) is 7.65. The molecule has 2 N–H and O–H groups in total. The fourth-order valence-electron chi connectivity index (χ4n) is 2.87. The summed E-state index contributed by atoms with van der Waals surface area (Å²) in [7, 11) is 0. The summed E-state index contributed by atoms with van der Waals surface area (Å²) < 4.78 is 13.6. The van der Waals surface area contributed by atoms with E-state index < -0.39 is 29.7 Å². The molecule has 2 unspecified atom stereocenters. The highest BCUT2D eigenvalue weighted by Crippen LogP contribution is 2.33. The maximum atomic E-state index is 13.6. The van der Waals surface area contributed by atoms with Crippen LogP contribution in [0.2, 0.25) is 5.02 Å². The average Bonchev–Trinajstić information content (AvgIpc) is 3.29. The van der Waals surface area contributed by atoms with E-state index in [1.807, 2.05) is 0 Å². The molecule has 0 radical (unpaired) electrons. The van der Waals surface area contributed by atoms with E-state index in [1.54, 1.807) is 0 Å². The number of halogens is 2. The van der Waals surface area contributed by atoms with Crippen molar-refractivity contribution in [1.29, 1.82) is 0 Å². The minimum atomic E-state index is -1.06. The van der Waals surface area contributed by atoms with Crippen molar-refractivity contribution in [2.75, 3.05) is 11.4 Å². The van der Waals surface area contributed by atoms with E-state index in [0.29, 0.717) is 5.69 Å². The van der Waals surface area contributed by atoms with Gasteiger partial charge in [-0.15, -0.1) is 0 Å². The lowest BCUT2D eigenvalue weighted by atomic mass is 10.1. The molecule has 2 aliphatic rings. The van der Waals surface area contributed by atoms with Crippen molar-refractivity contribution < 1.29 is 23.9 Å². The van der Waals surface area contributed by atoms with Crippen molar-refractivity contribution in [3.05, 3.63) is 29.0 Å². The molecule has 1 saturated carbocycles. The molecule has 24 heavy (non-hydrogen) atoms. The molecule has 1 aromatic rings. The summed E-state index contributed by atoms with van der Waals surface area (Å²) in [5.41, 5.74) is 0.328. The number of anilines is 1. The summed E-state index contributed by atoms with van der Waals surface area (Å²) in [6.45, 7) is 0.0861. The number of carboxylic acid groups (broad SMARTS) is 1. The first kappa shape index (κ1) is 16.7. The van der Waals surface area contributed by atoms with Gasteiger partial charge in [0.2, 0.25) is 11.8 Å². The molecule has 3 rings (SSSR count). The van der Waals surface area contributed by atoms with Gasteiger partial charge < -0.3 is 15.3 Å². The summed E-state index contributed by atoms with van der Waals surface area (Å²) in [4.78, 5) is 36.9. The van der Waals surface area contributed by atoms with Crippen LogP contribution in [0.4, 0.5) is 10.1 Å². The minimum Gasteiger partial charge on any atom is -0.480 e. The van der Waals surface area contributed by atoms with Gasteiger partial charge in [-0.05, 0) is 37.0 Å². The second-order valence-electron chi connectivity index (χ2n) is 6.17. The van der Waals surface area contributed by atoms with Crippen molar-refractivity contribution in [2.45, 2.75) is 25.3 Å². The van der Waals surface area contributed by atoms with Crippen LogP contribution in [0.15, 0.2) is 18.2 Å². The molecule has 0 spiro atoms. The third kappa shape index (κ3) is 3.36. The molecule has 1 saturated heterocycles. The summed E-state index contributed by atoms with van der Waals surface area (Å²) in [5, 5.41) is 11.6. The van der Waals surface area contributed by atoms with Gasteiger partial charge >= 0.3 is 5.97 Å². The van der Waals surface area contributed by atoms with E-state index in [4.69, 9.17) is 16.7 Å². The molecule has 6 nitrogen and oxygen atoms in total. The fourth-order valence-corrected chi connectivity index (χ4v) is 2.99. The van der Waals surface area contributed by atoms with E-state index in [2.05, 4.69) is 5.32 Å². The molecule has 8 heteroatoms. The lowest BCUT2D eigenvalue weighted by Gasteiger charge is -2.18. The number of amides is 2. The predicted octanol–water partition coefficient (Wildman–Crippen LogP) is 1.81. The van der Waals surface area contributed by atoms with Gasteiger partial charge in [0.1, 0.15) is 11.9 Å². The molecule has 2 fully saturated rings. The van der Waals surface area contributed by atoms with Crippen LogP contribution in [0.5, 0.6) is 0 Å². The standard InChI is InChI=1S/C16H16ClFN2O4/c17-11-4-3-10(6-12(11)18)20-7-9(5-13(20)21)15(22)19-14(16(23)24)8-1-2-8/h3-4,6,8-9,14H,1-2,5,7H2,(H,19,22)(H,23,24). The van der Waals surface area contributed by atoms with Crippen molar-refractivity contribution in [3.63, 3.8) is 0 Å². The van der Waals surface area contributed by atoms with E-state index >= 15 is 0 Å². The number of nitrogens with one attached hydrogen (secondary N) is 1. The zero-order valence-corrected chi connectivity index (χ0v) is 13.4. The van der Waals surface area contributed by atoms with E-state index in [-0.39, 0.29) is 29.8 Å². The Morgan fingerprint density at radius 2 is 2.08 bits per heavy atom. The Kier molecular flexibility index (Phi) is 4.45. The first-order valence-corrected chi connectivity index (χ1v) is 8.03. The van der Waals surface area contributed by atoms with Crippen molar-refractivity contribution in [1.82, 2.24) is 5.32 Å². The fraction of sp³-hybridized carbons (Fsp3) is 0.438. The minimum absolute atomic E-state index is 0.0346. The molecule has 1 aromatic carbocycles. The number of aliphatic carboxylic acids is 1. The zero-order chi connectivity index (χ0) is 17.4. The van der Waals surface area contributed by atoms with Gasteiger partial charge in [-0.25, -0.2) is 9.18 Å². The Morgan fingerprint density at radius 1 is 1.38 bits per heavy atom. The molecule has 2 atom stereocenters. The van der Waals surface area contributed by atoms with Gasteiger partial charge in [0.05, 0.1) is 10.9 Å². The molecule has 128 valence electrons. The van der Waals surface area contributed by atoms with Gasteiger partial charge in [-0.2, -0.15) is 0 Å². The zero-order valence-electron chi connectivity index (χ0n) is 12.7. The van der Waals surface area contributed by atoms with E-state index in [9.17, 15) is 18.8 Å². The maximum Gasteiger partial charge on any atom is 0.326 e. The molecule has 1 heterocycles. The largest absolute Gasteiger partial charge is 0.480 e. The second kappa shape index (κ2) is 6.39. The van der Waals surface area contributed by atoms with Gasteiger partial charge in [0.15, 0.2) is 0 Å². The van der Waals surface area contributed by atoms with Crippen LogP contribution in [0.1, 0.15) is 19.3 Å². The normalized spacial score (nSPS) is 21.7. The highest BCUT2D eigenvalue weighted by atomic mass is 35.5. The van der Waals surface area contributed by atoms with Crippen LogP contribution in [-0.2, 0) is 14.4 Å². The van der Waals surface area contributed by atoms with Crippen molar-refractivity contribution in [2.24, 2.45) is 11.8 Å². The third-order valence-corrected chi connectivity index (χ3v) is 4.67. The smallest absolute Gasteiger partial charge is 0.326 e. The van der Waals surface area contributed by atoms with Gasteiger partial charge in [-0.1, -0.05) is 11.6 Å². The number of benzene rings is 1. The summed E-state index contributed by atoms with van der Waals surface area (Å²) >= 11 is 5.63. The molecule has 1 aliphatic heterocycles. The van der Waals surface area contributed by atoms with Crippen molar-refractivity contribution in [3.8, 4) is 0 Å². The first-order chi connectivity index (χ1) is 11.4. The Morgan fingerprint density at radius 3 is 2.67 bits per heavy atom. The number of hydrogen-bond donors (Lipinski definition) is 2. The number of carboxylic acids is 1. The van der Waals surface area contributed by atoms with Gasteiger partial charge in [0, 0.05) is 18.7 Å². The SMILES string of the molecule is O=C(NC(C(=O)O)C1CC1)C1CC(=O)N(c2ccc(Cl)c(F)c2)C1. The van der Waals surface area contributed by atoms with E-state index in [1.165, 1.54) is 17.0 Å². The Balaban J connectivity index is 1.68. The molecule has 0 bridgehead atoms. The van der Waals surface area contributed by atoms with Crippen LogP contribution in [0, 0.1) is 17.7 Å². The second-order valence-corrected chi connectivity index (χ2v) is 6.57. The molecule has 1 aliphatic carbocycles. The lowest BCUT2D eigenvalue weighted by Crippen LogP contribution is -2.45. The van der Waals surface area contributed by atoms with Gasteiger partial charge in [0.25, 0.3) is 0 Å². The van der Waals surface area contributed by atoms with Crippen molar-refractivity contribution >= 4 is 35.1 Å². The molecular formula is C16H16ClFN2O4. The summed E-state index contributed by atoms with van der Waals surface area (Å²) in [6, 6.07) is 3.09. The molecular weight excluding hydrogens is 339 g/mol. The maximum absolute atomic E-state index is 13.6. The number of hydrogen-bond acceptors (Lipinski definition) is 3. The third-order valence-electron chi connectivity index (χ3n) is 4.37. The number of rotatable bonds is 5. The highest BCUT2D eigenvalue weighted by Gasteiger charge is 2.41. The van der Waals surface area contributed by atoms with E-state index in [0.717, 1.165) is 18.9 Å². The summed E-state index contributed by atoms with van der Waals surface area (Å²) in [6.07, 6.45) is 1.52. The highest BCUT2D eigenvalue weighted by molar-refractivity contribution is 6.30. The number of carbonyl (C=O) groups is 3. The predicted molar refractivity (Wildman–Crippen MR) is 84.2 cm³/mol. The topological polar surface area (TPSA) is 86.7 Å². The molecule has 2 amide bonds. The van der Waals surface area contributed by atoms with Crippen LogP contribution >= 0.6 is 11.6 Å². The number of nitrogens with zero attached hydrogens (tertiary/aromatic N) is 1. The van der Waals surface area contributed by atoms with Gasteiger partial charge in [-0.3, -0.25) is 9.59 Å². The monoisotopic (exact) mass is 354 g/mol. The van der Waals surface area contributed by atoms with Crippen LogP contribution in [0.3, 0.4) is 0 Å². The van der Waals surface area contributed by atoms with Crippen LogP contribution in [-0.4, -0.2) is 35.5 Å².